The fourth-order valence-corrected chi connectivity index (χ4v) is 3.39. The first-order chi connectivity index (χ1) is 12.9. The molecule has 3 aromatic rings. The number of carbonyl (C=O) groups is 2. The van der Waals surface area contributed by atoms with Crippen LogP contribution in [0.4, 0.5) is 5.69 Å². The maximum absolute atomic E-state index is 12.9. The van der Waals surface area contributed by atoms with E-state index in [2.05, 4.69) is 0 Å². The van der Waals surface area contributed by atoms with Crippen LogP contribution in [0.25, 0.3) is 0 Å². The molecular weight excluding hydrogens is 342 g/mol. The molecule has 0 spiro atoms. The summed E-state index contributed by atoms with van der Waals surface area (Å²) in [6.45, 7) is 3.86. The molecule has 0 atom stereocenters. The number of carbonyl (C=O) groups excluding carboxylic acids is 2. The molecule has 5 heteroatoms. The summed E-state index contributed by atoms with van der Waals surface area (Å²) in [4.78, 5) is 25.7. The Morgan fingerprint density at radius 3 is 2.11 bits per heavy atom. The highest BCUT2D eigenvalue weighted by atomic mass is 16.5. The van der Waals surface area contributed by atoms with Crippen LogP contribution >= 0.6 is 0 Å². The molecule has 3 aromatic carbocycles. The van der Waals surface area contributed by atoms with Crippen LogP contribution in [0.5, 0.6) is 17.2 Å². The van der Waals surface area contributed by atoms with Gasteiger partial charge in [-0.3, -0.25) is 9.59 Å². The number of phenols is 1. The number of benzene rings is 3. The molecule has 1 aliphatic rings. The number of nitrogen functional groups attached to an aromatic ring is 1. The van der Waals surface area contributed by atoms with Gasteiger partial charge in [0.05, 0.1) is 16.8 Å². The minimum absolute atomic E-state index is 0.0153. The fraction of sp³-hybridized carbons (Fsp3) is 0.0909. The molecule has 4 rings (SSSR count). The van der Waals surface area contributed by atoms with Crippen molar-refractivity contribution >= 4 is 17.3 Å². The van der Waals surface area contributed by atoms with E-state index in [9.17, 15) is 14.7 Å². The van der Waals surface area contributed by atoms with Crippen LogP contribution in [0.2, 0.25) is 0 Å². The Morgan fingerprint density at radius 1 is 0.852 bits per heavy atom. The Balaban J connectivity index is 1.88. The van der Waals surface area contributed by atoms with Gasteiger partial charge in [-0.05, 0) is 25.5 Å². The number of phenolic OH excluding ortho intramolecular Hbond substituents is 1. The van der Waals surface area contributed by atoms with E-state index in [1.807, 2.05) is 26.0 Å². The minimum Gasteiger partial charge on any atom is -0.507 e. The molecular formula is C22H17NO4. The Bertz CT molecular complexity index is 1130. The van der Waals surface area contributed by atoms with Crippen LogP contribution in [0, 0.1) is 13.8 Å². The summed E-state index contributed by atoms with van der Waals surface area (Å²) >= 11 is 0. The summed E-state index contributed by atoms with van der Waals surface area (Å²) in [7, 11) is 0. The molecule has 0 aromatic heterocycles. The smallest absolute Gasteiger partial charge is 0.198 e. The lowest BCUT2D eigenvalue weighted by Gasteiger charge is -2.22. The Kier molecular flexibility index (Phi) is 3.73. The largest absolute Gasteiger partial charge is 0.507 e. The molecule has 0 unspecified atom stereocenters. The summed E-state index contributed by atoms with van der Waals surface area (Å²) in [5.41, 5.74) is 8.64. The van der Waals surface area contributed by atoms with Crippen LogP contribution in [0.1, 0.15) is 43.0 Å². The molecule has 3 N–H and O–H groups in total. The van der Waals surface area contributed by atoms with Gasteiger partial charge in [0.25, 0.3) is 0 Å². The molecule has 134 valence electrons. The van der Waals surface area contributed by atoms with E-state index >= 15 is 0 Å². The first kappa shape index (κ1) is 16.8. The second-order valence-corrected chi connectivity index (χ2v) is 6.63. The SMILES string of the molecule is Cc1ccc(Oc2cc(O)c3c(c2N)C(=O)c2ccccc2C3=O)c(C)c1. The summed E-state index contributed by atoms with van der Waals surface area (Å²) < 4.78 is 5.86. The molecule has 1 aliphatic carbocycles. The number of hydrogen-bond acceptors (Lipinski definition) is 5. The van der Waals surface area contributed by atoms with Crippen molar-refractivity contribution in [3.8, 4) is 17.2 Å². The number of ether oxygens (including phenoxy) is 1. The number of aromatic hydroxyl groups is 1. The third-order valence-electron chi connectivity index (χ3n) is 4.73. The van der Waals surface area contributed by atoms with E-state index in [1.165, 1.54) is 6.07 Å². The average Bonchev–Trinajstić information content (AvgIpc) is 2.64. The van der Waals surface area contributed by atoms with Crippen LogP contribution in [-0.2, 0) is 0 Å². The van der Waals surface area contributed by atoms with Crippen LogP contribution in [0.15, 0.2) is 48.5 Å². The molecule has 0 amide bonds. The van der Waals surface area contributed by atoms with Crippen molar-refractivity contribution in [2.75, 3.05) is 5.73 Å². The third kappa shape index (κ3) is 2.56. The zero-order valence-electron chi connectivity index (χ0n) is 14.9. The number of ketones is 2. The highest BCUT2D eigenvalue weighted by Gasteiger charge is 2.35. The van der Waals surface area contributed by atoms with Crippen molar-refractivity contribution in [3.05, 3.63) is 81.9 Å². The van der Waals surface area contributed by atoms with E-state index in [0.29, 0.717) is 5.75 Å². The Hall–Kier alpha value is -3.60. The van der Waals surface area contributed by atoms with Crippen LogP contribution in [0.3, 0.4) is 0 Å². The van der Waals surface area contributed by atoms with Crippen molar-refractivity contribution < 1.29 is 19.4 Å². The van der Waals surface area contributed by atoms with Gasteiger partial charge in [0.2, 0.25) is 0 Å². The van der Waals surface area contributed by atoms with Gasteiger partial charge in [-0.15, -0.1) is 0 Å². The zero-order valence-corrected chi connectivity index (χ0v) is 14.9. The highest BCUT2D eigenvalue weighted by Crippen LogP contribution is 2.42. The molecule has 5 nitrogen and oxygen atoms in total. The van der Waals surface area contributed by atoms with Gasteiger partial charge in [-0.25, -0.2) is 0 Å². The number of hydrogen-bond donors (Lipinski definition) is 2. The van der Waals surface area contributed by atoms with Crippen LogP contribution in [-0.4, -0.2) is 16.7 Å². The van der Waals surface area contributed by atoms with Crippen molar-refractivity contribution in [2.24, 2.45) is 0 Å². The fourth-order valence-electron chi connectivity index (χ4n) is 3.39. The van der Waals surface area contributed by atoms with E-state index < -0.39 is 11.6 Å². The zero-order chi connectivity index (χ0) is 19.3. The molecule has 0 fully saturated rings. The number of nitrogens with two attached hydrogens (primary N) is 1. The Labute approximate surface area is 156 Å². The molecule has 0 aliphatic heterocycles. The second kappa shape index (κ2) is 5.99. The van der Waals surface area contributed by atoms with Crippen molar-refractivity contribution in [2.45, 2.75) is 13.8 Å². The normalized spacial score (nSPS) is 12.5. The topological polar surface area (TPSA) is 89.6 Å². The van der Waals surface area contributed by atoms with Gasteiger partial charge in [-0.1, -0.05) is 42.0 Å². The molecule has 0 bridgehead atoms. The molecule has 27 heavy (non-hydrogen) atoms. The van der Waals surface area contributed by atoms with Crippen molar-refractivity contribution in [1.29, 1.82) is 0 Å². The minimum atomic E-state index is -0.428. The highest BCUT2D eigenvalue weighted by molar-refractivity contribution is 6.31. The van der Waals surface area contributed by atoms with Gasteiger partial charge < -0.3 is 15.6 Å². The number of anilines is 1. The maximum atomic E-state index is 12.9. The van der Waals surface area contributed by atoms with Gasteiger partial charge in [0.1, 0.15) is 11.5 Å². The lowest BCUT2D eigenvalue weighted by Crippen LogP contribution is -2.22. The molecule has 0 radical (unpaired) electrons. The van der Waals surface area contributed by atoms with Crippen LogP contribution < -0.4 is 10.5 Å². The number of aryl methyl sites for hydroxylation is 2. The van der Waals surface area contributed by atoms with E-state index in [1.54, 1.807) is 30.3 Å². The summed E-state index contributed by atoms with van der Waals surface area (Å²) in [6, 6.07) is 13.4. The van der Waals surface area contributed by atoms with E-state index in [4.69, 9.17) is 10.5 Å². The van der Waals surface area contributed by atoms with E-state index in [-0.39, 0.29) is 39.4 Å². The summed E-state index contributed by atoms with van der Waals surface area (Å²) in [5.74, 6) is -0.464. The monoisotopic (exact) mass is 359 g/mol. The van der Waals surface area contributed by atoms with Gasteiger partial charge in [-0.2, -0.15) is 0 Å². The van der Waals surface area contributed by atoms with Crippen molar-refractivity contribution in [3.63, 3.8) is 0 Å². The lowest BCUT2D eigenvalue weighted by atomic mass is 9.82. The lowest BCUT2D eigenvalue weighted by molar-refractivity contribution is 0.0977. The van der Waals surface area contributed by atoms with Crippen molar-refractivity contribution in [1.82, 2.24) is 0 Å². The summed E-state index contributed by atoms with van der Waals surface area (Å²) in [6.07, 6.45) is 0. The van der Waals surface area contributed by atoms with Gasteiger partial charge in [0.15, 0.2) is 17.3 Å². The molecule has 0 heterocycles. The van der Waals surface area contributed by atoms with Gasteiger partial charge in [0, 0.05) is 17.2 Å². The summed E-state index contributed by atoms with van der Waals surface area (Å²) in [5, 5.41) is 10.5. The average molecular weight is 359 g/mol. The molecule has 0 saturated carbocycles. The number of rotatable bonds is 2. The Morgan fingerprint density at radius 2 is 1.48 bits per heavy atom. The predicted octanol–water partition coefficient (Wildman–Crippen LogP) is 4.16. The predicted molar refractivity (Wildman–Crippen MR) is 102 cm³/mol. The standard InChI is InChI=1S/C22H17NO4/c1-11-7-8-16(12(2)9-11)27-17-10-15(24)18-19(20(17)23)22(26)14-6-4-3-5-13(14)21(18)25/h3-10,24H,23H2,1-2H3. The number of fused-ring (bicyclic) bond motifs is 2. The second-order valence-electron chi connectivity index (χ2n) is 6.63. The van der Waals surface area contributed by atoms with E-state index in [0.717, 1.165) is 11.1 Å². The van der Waals surface area contributed by atoms with Gasteiger partial charge >= 0.3 is 0 Å². The quantitative estimate of drug-likeness (QED) is 0.414. The molecule has 0 saturated heterocycles. The first-order valence-corrected chi connectivity index (χ1v) is 8.47. The first-order valence-electron chi connectivity index (χ1n) is 8.47. The maximum Gasteiger partial charge on any atom is 0.198 e. The third-order valence-corrected chi connectivity index (χ3v) is 4.73.